The predicted molar refractivity (Wildman–Crippen MR) is 92.6 cm³/mol. The van der Waals surface area contributed by atoms with Gasteiger partial charge in [0.2, 0.25) is 0 Å². The van der Waals surface area contributed by atoms with Crippen molar-refractivity contribution in [2.45, 2.75) is 65.2 Å². The van der Waals surface area contributed by atoms with E-state index < -0.39 is 0 Å². The maximum absolute atomic E-state index is 2.61. The first-order chi connectivity index (χ1) is 11.3. The highest BCUT2D eigenvalue weighted by molar-refractivity contribution is 5.61. The molecule has 0 saturated heterocycles. The Morgan fingerprint density at radius 2 is 1.78 bits per heavy atom. The maximum atomic E-state index is 2.61. The summed E-state index contributed by atoms with van der Waals surface area (Å²) in [6.07, 6.45) is 12.5. The third kappa shape index (κ3) is 1.27. The van der Waals surface area contributed by atoms with Crippen LogP contribution in [0.5, 0.6) is 0 Å². The molecule has 10 unspecified atom stereocenters. The lowest BCUT2D eigenvalue weighted by atomic mass is 9.57. The molecule has 7 rings (SSSR count). The lowest BCUT2D eigenvalue weighted by Crippen LogP contribution is -2.42. The average Bonchev–Trinajstić information content (AvgIpc) is 3.44. The lowest BCUT2D eigenvalue weighted by molar-refractivity contribution is 0.0212. The number of hydrogen-bond donors (Lipinski definition) is 0. The standard InChI is InChI=1S/C23H32/c1-3-12-16-9-18-22(20(12)16)23(18)10-11(2)15-8-17(21(15)23)19-13-6-4-5-7-14(13)19/h11-17,19-21H,3-10H2,1-2H3. The molecule has 5 saturated carbocycles. The molecule has 124 valence electrons. The van der Waals surface area contributed by atoms with Gasteiger partial charge in [-0.15, -0.1) is 0 Å². The Morgan fingerprint density at radius 1 is 1.00 bits per heavy atom. The number of rotatable bonds is 2. The molecule has 0 heteroatoms. The molecule has 5 fully saturated rings. The SMILES string of the molecule is CCC1C2CC3=C(C12)C31CC(C)C2CC(C3C4CCCCC43)C21. The van der Waals surface area contributed by atoms with E-state index in [1.54, 1.807) is 44.9 Å². The third-order valence-electron chi connectivity index (χ3n) is 10.5. The summed E-state index contributed by atoms with van der Waals surface area (Å²) in [4.78, 5) is 0. The van der Waals surface area contributed by atoms with Crippen LogP contribution in [0, 0.1) is 64.6 Å². The second kappa shape index (κ2) is 3.78. The molecular weight excluding hydrogens is 276 g/mol. The summed E-state index contributed by atoms with van der Waals surface area (Å²) in [5.41, 5.74) is 4.91. The lowest BCUT2D eigenvalue weighted by Gasteiger charge is -2.47. The van der Waals surface area contributed by atoms with Gasteiger partial charge in [-0.2, -0.15) is 0 Å². The zero-order valence-corrected chi connectivity index (χ0v) is 14.9. The van der Waals surface area contributed by atoms with Crippen LogP contribution in [0.1, 0.15) is 65.2 Å². The zero-order valence-electron chi connectivity index (χ0n) is 14.9. The Bertz CT molecular complexity index is 616. The van der Waals surface area contributed by atoms with E-state index in [2.05, 4.69) is 25.0 Å². The summed E-state index contributed by atoms with van der Waals surface area (Å²) < 4.78 is 0. The summed E-state index contributed by atoms with van der Waals surface area (Å²) in [7, 11) is 0. The van der Waals surface area contributed by atoms with Crippen LogP contribution in [0.3, 0.4) is 0 Å². The first kappa shape index (κ1) is 13.0. The third-order valence-corrected chi connectivity index (χ3v) is 10.5. The highest BCUT2D eigenvalue weighted by Crippen LogP contribution is 2.87. The van der Waals surface area contributed by atoms with Gasteiger partial charge in [0.1, 0.15) is 0 Å². The molecule has 23 heavy (non-hydrogen) atoms. The summed E-state index contributed by atoms with van der Waals surface area (Å²) in [5.74, 6) is 11.4. The molecule has 0 aromatic rings. The second-order valence-electron chi connectivity index (χ2n) is 10.8. The van der Waals surface area contributed by atoms with Gasteiger partial charge in [-0.1, -0.05) is 44.3 Å². The Balaban J connectivity index is 1.18. The number of hydrogen-bond acceptors (Lipinski definition) is 0. The average molecular weight is 309 g/mol. The molecule has 0 aromatic carbocycles. The van der Waals surface area contributed by atoms with E-state index in [1.807, 2.05) is 0 Å². The fourth-order valence-electron chi connectivity index (χ4n) is 9.69. The fraction of sp³-hybridized carbons (Fsp3) is 0.913. The molecule has 0 amide bonds. The van der Waals surface area contributed by atoms with Crippen LogP contribution in [-0.2, 0) is 0 Å². The van der Waals surface area contributed by atoms with Crippen molar-refractivity contribution >= 4 is 0 Å². The van der Waals surface area contributed by atoms with E-state index in [4.69, 9.17) is 0 Å². The van der Waals surface area contributed by atoms with Crippen molar-refractivity contribution in [3.8, 4) is 0 Å². The summed E-state index contributed by atoms with van der Waals surface area (Å²) in [6.45, 7) is 5.05. The predicted octanol–water partition coefficient (Wildman–Crippen LogP) is 5.69. The molecule has 0 nitrogen and oxygen atoms in total. The summed E-state index contributed by atoms with van der Waals surface area (Å²) in [5, 5.41) is 0. The Hall–Kier alpha value is -0.260. The molecule has 10 atom stereocenters. The zero-order chi connectivity index (χ0) is 15.1. The minimum absolute atomic E-state index is 0.754. The van der Waals surface area contributed by atoms with Crippen LogP contribution in [0.4, 0.5) is 0 Å². The van der Waals surface area contributed by atoms with Crippen LogP contribution >= 0.6 is 0 Å². The number of allylic oxidation sites excluding steroid dienone is 2. The van der Waals surface area contributed by atoms with E-state index >= 15 is 0 Å². The first-order valence-corrected chi connectivity index (χ1v) is 11.0. The van der Waals surface area contributed by atoms with Crippen molar-refractivity contribution in [3.63, 3.8) is 0 Å². The summed E-state index contributed by atoms with van der Waals surface area (Å²) >= 11 is 0. The van der Waals surface area contributed by atoms with Gasteiger partial charge in [-0.05, 0) is 91.3 Å². The fourth-order valence-corrected chi connectivity index (χ4v) is 9.69. The van der Waals surface area contributed by atoms with Gasteiger partial charge in [0.25, 0.3) is 0 Å². The van der Waals surface area contributed by atoms with Gasteiger partial charge in [0.15, 0.2) is 0 Å². The molecule has 0 aromatic heterocycles. The Labute approximate surface area is 141 Å². The second-order valence-corrected chi connectivity index (χ2v) is 10.8. The molecule has 0 aliphatic heterocycles. The normalized spacial score (nSPS) is 66.5. The minimum Gasteiger partial charge on any atom is -0.0651 e. The van der Waals surface area contributed by atoms with Gasteiger partial charge in [-0.3, -0.25) is 0 Å². The highest BCUT2D eigenvalue weighted by Gasteiger charge is 2.79. The molecule has 0 radical (unpaired) electrons. The van der Waals surface area contributed by atoms with Crippen LogP contribution < -0.4 is 0 Å². The quantitative estimate of drug-likeness (QED) is 0.575. The Kier molecular flexibility index (Phi) is 2.14. The summed E-state index contributed by atoms with van der Waals surface area (Å²) in [6, 6.07) is 0. The molecule has 0 bridgehead atoms. The molecule has 0 heterocycles. The van der Waals surface area contributed by atoms with E-state index in [1.165, 1.54) is 30.1 Å². The van der Waals surface area contributed by atoms with E-state index in [0.29, 0.717) is 0 Å². The number of fused-ring (bicyclic) bond motifs is 7. The molecule has 7 aliphatic rings. The van der Waals surface area contributed by atoms with Crippen LogP contribution in [0.2, 0.25) is 0 Å². The highest BCUT2D eigenvalue weighted by atomic mass is 14.8. The van der Waals surface area contributed by atoms with Crippen LogP contribution in [0.25, 0.3) is 0 Å². The van der Waals surface area contributed by atoms with E-state index in [0.717, 1.165) is 40.9 Å². The van der Waals surface area contributed by atoms with Crippen molar-refractivity contribution in [2.75, 3.05) is 0 Å². The smallest absolute Gasteiger partial charge is 0.0166 e. The van der Waals surface area contributed by atoms with Gasteiger partial charge < -0.3 is 0 Å². The van der Waals surface area contributed by atoms with Crippen LogP contribution in [0.15, 0.2) is 11.1 Å². The van der Waals surface area contributed by atoms with E-state index in [9.17, 15) is 0 Å². The van der Waals surface area contributed by atoms with Crippen molar-refractivity contribution in [1.29, 1.82) is 0 Å². The largest absolute Gasteiger partial charge is 0.0651 e. The van der Waals surface area contributed by atoms with Gasteiger partial charge in [-0.25, -0.2) is 0 Å². The van der Waals surface area contributed by atoms with Crippen molar-refractivity contribution in [2.24, 2.45) is 64.6 Å². The first-order valence-electron chi connectivity index (χ1n) is 11.0. The minimum atomic E-state index is 0.754. The van der Waals surface area contributed by atoms with Crippen molar-refractivity contribution in [3.05, 3.63) is 11.1 Å². The van der Waals surface area contributed by atoms with Crippen molar-refractivity contribution < 1.29 is 0 Å². The molecule has 0 N–H and O–H groups in total. The Morgan fingerprint density at radius 3 is 2.52 bits per heavy atom. The van der Waals surface area contributed by atoms with Gasteiger partial charge >= 0.3 is 0 Å². The van der Waals surface area contributed by atoms with Gasteiger partial charge in [0.05, 0.1) is 0 Å². The van der Waals surface area contributed by atoms with E-state index in [-0.39, 0.29) is 0 Å². The van der Waals surface area contributed by atoms with Crippen molar-refractivity contribution in [1.82, 2.24) is 0 Å². The molecule has 1 spiro atoms. The monoisotopic (exact) mass is 308 g/mol. The maximum Gasteiger partial charge on any atom is 0.0166 e. The molecular formula is C23H32. The van der Waals surface area contributed by atoms with Crippen LogP contribution in [-0.4, -0.2) is 0 Å². The van der Waals surface area contributed by atoms with Gasteiger partial charge in [0, 0.05) is 5.41 Å². The molecule has 7 aliphatic carbocycles. The topological polar surface area (TPSA) is 0 Å².